The summed E-state index contributed by atoms with van der Waals surface area (Å²) in [5.74, 6) is -0.507. The average Bonchev–Trinajstić information content (AvgIpc) is 3.04. The second kappa shape index (κ2) is 14.7. The molecule has 4 aromatic rings. The summed E-state index contributed by atoms with van der Waals surface area (Å²) >= 11 is 0. The summed E-state index contributed by atoms with van der Waals surface area (Å²) in [4.78, 5) is 12.7. The van der Waals surface area contributed by atoms with E-state index in [4.69, 9.17) is 23.7 Å². The third-order valence-corrected chi connectivity index (χ3v) is 6.83. The molecule has 41 heavy (non-hydrogen) atoms. The molecule has 0 saturated carbocycles. The highest BCUT2D eigenvalue weighted by Crippen LogP contribution is 2.29. The lowest BCUT2D eigenvalue weighted by atomic mass is 9.98. The number of esters is 1. The molecule has 1 N–H and O–H groups in total. The van der Waals surface area contributed by atoms with Gasteiger partial charge in [0.25, 0.3) is 0 Å². The molecule has 7 nitrogen and oxygen atoms in total. The Morgan fingerprint density at radius 2 is 1.05 bits per heavy atom. The van der Waals surface area contributed by atoms with Crippen LogP contribution in [0.5, 0.6) is 0 Å². The van der Waals surface area contributed by atoms with E-state index in [0.29, 0.717) is 5.56 Å². The minimum atomic E-state index is -1.15. The van der Waals surface area contributed by atoms with Crippen molar-refractivity contribution in [2.75, 3.05) is 6.61 Å². The number of carbonyl (C=O) groups excluding carboxylic acids is 1. The average molecular weight is 555 g/mol. The van der Waals surface area contributed by atoms with Crippen molar-refractivity contribution in [1.82, 2.24) is 0 Å². The van der Waals surface area contributed by atoms with Gasteiger partial charge in [0.1, 0.15) is 31.0 Å². The first-order chi connectivity index (χ1) is 20.2. The van der Waals surface area contributed by atoms with Gasteiger partial charge in [0.15, 0.2) is 6.29 Å². The molecular weight excluding hydrogens is 520 g/mol. The van der Waals surface area contributed by atoms with Gasteiger partial charge in [-0.3, -0.25) is 0 Å². The number of hydrogen-bond donors (Lipinski definition) is 1. The van der Waals surface area contributed by atoms with Gasteiger partial charge in [-0.15, -0.1) is 0 Å². The van der Waals surface area contributed by atoms with Crippen LogP contribution in [0.4, 0.5) is 0 Å². The van der Waals surface area contributed by atoms with E-state index in [0.717, 1.165) is 16.7 Å². The molecule has 0 bridgehead atoms. The molecule has 1 heterocycles. The van der Waals surface area contributed by atoms with Gasteiger partial charge < -0.3 is 28.8 Å². The lowest BCUT2D eigenvalue weighted by Gasteiger charge is -2.44. The number of ether oxygens (including phenoxy) is 5. The summed E-state index contributed by atoms with van der Waals surface area (Å²) in [5, 5.41) is 11.5. The molecule has 5 rings (SSSR count). The van der Waals surface area contributed by atoms with Crippen LogP contribution in [0.2, 0.25) is 0 Å². The zero-order chi connectivity index (χ0) is 28.3. The van der Waals surface area contributed by atoms with E-state index in [2.05, 4.69) is 0 Å². The molecule has 0 radical (unpaired) electrons. The zero-order valence-electron chi connectivity index (χ0n) is 22.7. The van der Waals surface area contributed by atoms with Crippen molar-refractivity contribution in [3.05, 3.63) is 144 Å². The second-order valence-corrected chi connectivity index (χ2v) is 9.82. The maximum absolute atomic E-state index is 12.7. The molecule has 0 aliphatic carbocycles. The van der Waals surface area contributed by atoms with E-state index >= 15 is 0 Å². The molecule has 212 valence electrons. The van der Waals surface area contributed by atoms with Gasteiger partial charge in [-0.2, -0.15) is 0 Å². The first-order valence-electron chi connectivity index (χ1n) is 13.7. The van der Waals surface area contributed by atoms with E-state index < -0.39 is 36.7 Å². The van der Waals surface area contributed by atoms with Crippen LogP contribution in [0.25, 0.3) is 0 Å². The maximum Gasteiger partial charge on any atom is 0.338 e. The van der Waals surface area contributed by atoms with Crippen molar-refractivity contribution in [2.24, 2.45) is 0 Å². The van der Waals surface area contributed by atoms with Crippen LogP contribution in [0.3, 0.4) is 0 Å². The van der Waals surface area contributed by atoms with Gasteiger partial charge in [0.2, 0.25) is 0 Å². The summed E-state index contributed by atoms with van der Waals surface area (Å²) in [6, 6.07) is 37.9. The summed E-state index contributed by atoms with van der Waals surface area (Å²) in [5.41, 5.74) is 3.28. The predicted molar refractivity (Wildman–Crippen MR) is 153 cm³/mol. The number of benzene rings is 4. The number of hydrogen-bond acceptors (Lipinski definition) is 7. The largest absolute Gasteiger partial charge is 0.459 e. The van der Waals surface area contributed by atoms with Gasteiger partial charge in [0.05, 0.1) is 25.4 Å². The van der Waals surface area contributed by atoms with Crippen molar-refractivity contribution in [1.29, 1.82) is 0 Å². The van der Waals surface area contributed by atoms with Crippen LogP contribution in [0.1, 0.15) is 27.0 Å². The highest BCUT2D eigenvalue weighted by Gasteiger charge is 2.48. The summed E-state index contributed by atoms with van der Waals surface area (Å²) in [7, 11) is 0. The van der Waals surface area contributed by atoms with Crippen molar-refractivity contribution in [2.45, 2.75) is 50.5 Å². The summed E-state index contributed by atoms with van der Waals surface area (Å²) < 4.78 is 30.7. The molecule has 0 spiro atoms. The Kier molecular flexibility index (Phi) is 10.3. The molecule has 7 heteroatoms. The molecule has 1 saturated heterocycles. The normalized spacial score (nSPS) is 22.2. The second-order valence-electron chi connectivity index (χ2n) is 9.82. The van der Waals surface area contributed by atoms with Crippen LogP contribution in [-0.4, -0.2) is 48.4 Å². The molecule has 1 aliphatic heterocycles. The van der Waals surface area contributed by atoms with E-state index in [-0.39, 0.29) is 26.4 Å². The minimum absolute atomic E-state index is 0.184. The van der Waals surface area contributed by atoms with Crippen LogP contribution < -0.4 is 0 Å². The minimum Gasteiger partial charge on any atom is -0.459 e. The Balaban J connectivity index is 1.36. The van der Waals surface area contributed by atoms with Crippen LogP contribution in [0.15, 0.2) is 121 Å². The molecule has 0 amide bonds. The molecule has 5 atom stereocenters. The summed E-state index contributed by atoms with van der Waals surface area (Å²) in [6.45, 7) is 0.590. The van der Waals surface area contributed by atoms with Crippen molar-refractivity contribution < 1.29 is 33.6 Å². The Bertz CT molecular complexity index is 1320. The standard InChI is InChI=1S/C34H34O7/c35-30-29(24-39-33(36)28-19-11-4-12-20-28)41-34(40-23-27-17-9-3-10-18-27)32(38-22-26-15-7-2-8-16-26)31(30)37-21-25-13-5-1-6-14-25/h1-20,29-32,34-35H,21-24H2/t29-,30+,31+,32-,34-/m1/s1. The quantitative estimate of drug-likeness (QED) is 0.238. The lowest BCUT2D eigenvalue weighted by molar-refractivity contribution is -0.322. The summed E-state index contributed by atoms with van der Waals surface area (Å²) in [6.07, 6.45) is -4.54. The molecule has 0 aromatic heterocycles. The van der Waals surface area contributed by atoms with E-state index in [1.54, 1.807) is 24.3 Å². The first-order valence-corrected chi connectivity index (χ1v) is 13.7. The Hall–Kier alpha value is -3.85. The van der Waals surface area contributed by atoms with Gasteiger partial charge in [-0.25, -0.2) is 4.79 Å². The Labute approximate surface area is 240 Å². The van der Waals surface area contributed by atoms with Crippen LogP contribution in [0, 0.1) is 0 Å². The van der Waals surface area contributed by atoms with Crippen LogP contribution >= 0.6 is 0 Å². The van der Waals surface area contributed by atoms with E-state index in [1.807, 2.05) is 97.1 Å². The van der Waals surface area contributed by atoms with E-state index in [1.165, 1.54) is 0 Å². The topological polar surface area (TPSA) is 83.5 Å². The molecular formula is C34H34O7. The number of rotatable bonds is 12. The third-order valence-electron chi connectivity index (χ3n) is 6.83. The lowest BCUT2D eigenvalue weighted by Crippen LogP contribution is -2.61. The third kappa shape index (κ3) is 8.10. The fourth-order valence-electron chi connectivity index (χ4n) is 4.63. The van der Waals surface area contributed by atoms with Crippen molar-refractivity contribution >= 4 is 5.97 Å². The number of aliphatic hydroxyl groups is 1. The zero-order valence-corrected chi connectivity index (χ0v) is 22.7. The number of aliphatic hydroxyl groups excluding tert-OH is 1. The number of carbonyl (C=O) groups is 1. The fourth-order valence-corrected chi connectivity index (χ4v) is 4.63. The maximum atomic E-state index is 12.7. The van der Waals surface area contributed by atoms with Crippen molar-refractivity contribution in [3.63, 3.8) is 0 Å². The molecule has 4 aromatic carbocycles. The van der Waals surface area contributed by atoms with E-state index in [9.17, 15) is 9.90 Å². The monoisotopic (exact) mass is 554 g/mol. The predicted octanol–water partition coefficient (Wildman–Crippen LogP) is 5.32. The van der Waals surface area contributed by atoms with Gasteiger partial charge in [-0.1, -0.05) is 109 Å². The Morgan fingerprint density at radius 3 is 1.56 bits per heavy atom. The van der Waals surface area contributed by atoms with Gasteiger partial charge >= 0.3 is 5.97 Å². The van der Waals surface area contributed by atoms with Gasteiger partial charge in [0, 0.05) is 0 Å². The van der Waals surface area contributed by atoms with Gasteiger partial charge in [-0.05, 0) is 28.8 Å². The van der Waals surface area contributed by atoms with Crippen molar-refractivity contribution in [3.8, 4) is 0 Å². The Morgan fingerprint density at radius 1 is 0.610 bits per heavy atom. The first kappa shape index (κ1) is 28.7. The SMILES string of the molecule is O=C(OC[C@H]1O[C@@H](OCc2ccccc2)[C@H](OCc2ccccc2)[C@@H](OCc2ccccc2)[C@H]1O)c1ccccc1. The smallest absolute Gasteiger partial charge is 0.338 e. The highest BCUT2D eigenvalue weighted by molar-refractivity contribution is 5.89. The molecule has 1 aliphatic rings. The van der Waals surface area contributed by atoms with Crippen LogP contribution in [-0.2, 0) is 43.5 Å². The highest BCUT2D eigenvalue weighted by atomic mass is 16.7. The molecule has 0 unspecified atom stereocenters. The molecule has 1 fully saturated rings. The fraction of sp³-hybridized carbons (Fsp3) is 0.265.